The predicted octanol–water partition coefficient (Wildman–Crippen LogP) is 3.51. The fourth-order valence-electron chi connectivity index (χ4n) is 3.57. The molecule has 0 radical (unpaired) electrons. The van der Waals surface area contributed by atoms with Gasteiger partial charge in [-0.1, -0.05) is 54.6 Å². The minimum Gasteiger partial charge on any atom is -0.309 e. The third-order valence-corrected chi connectivity index (χ3v) is 4.91. The van der Waals surface area contributed by atoms with Crippen LogP contribution in [0.25, 0.3) is 22.3 Å². The highest BCUT2D eigenvalue weighted by Gasteiger charge is 2.22. The Morgan fingerprint density at radius 3 is 2.58 bits per heavy atom. The Morgan fingerprint density at radius 2 is 1.65 bits per heavy atom. The average molecular weight is 341 g/mol. The van der Waals surface area contributed by atoms with Gasteiger partial charge in [-0.05, 0) is 12.1 Å². The molecule has 1 aliphatic heterocycles. The fraction of sp³-hybridized carbons (Fsp3) is 0.190. The zero-order valence-electron chi connectivity index (χ0n) is 14.4. The minimum absolute atomic E-state index is 0.800. The van der Waals surface area contributed by atoms with E-state index in [4.69, 9.17) is 4.98 Å². The van der Waals surface area contributed by atoms with E-state index in [1.807, 2.05) is 30.3 Å². The zero-order valence-corrected chi connectivity index (χ0v) is 14.4. The maximum Gasteiger partial charge on any atom is 0.164 e. The summed E-state index contributed by atoms with van der Waals surface area (Å²) in [6.07, 6.45) is 0. The molecule has 0 unspecified atom stereocenters. The molecule has 0 atom stereocenters. The number of para-hydroxylation sites is 1. The molecular weight excluding hydrogens is 322 g/mol. The van der Waals surface area contributed by atoms with Crippen molar-refractivity contribution in [3.05, 3.63) is 78.2 Å². The Labute approximate surface area is 151 Å². The van der Waals surface area contributed by atoms with Crippen LogP contribution in [-0.4, -0.2) is 31.2 Å². The number of rotatable bonds is 3. The summed E-state index contributed by atoms with van der Waals surface area (Å²) in [6, 6.07) is 22.8. The smallest absolute Gasteiger partial charge is 0.164 e. The molecular formula is C21H19N5. The number of hydrogen-bond donors (Lipinski definition) is 0. The molecule has 5 nitrogen and oxygen atoms in total. The van der Waals surface area contributed by atoms with Crippen molar-refractivity contribution in [1.82, 2.24) is 24.6 Å². The van der Waals surface area contributed by atoms with Crippen LogP contribution in [-0.2, 0) is 19.6 Å². The van der Waals surface area contributed by atoms with Gasteiger partial charge in [-0.15, -0.1) is 10.2 Å². The second-order valence-corrected chi connectivity index (χ2v) is 6.66. The molecule has 0 fully saturated rings. The van der Waals surface area contributed by atoms with Gasteiger partial charge in [0.1, 0.15) is 5.82 Å². The van der Waals surface area contributed by atoms with Gasteiger partial charge in [0.2, 0.25) is 0 Å². The summed E-state index contributed by atoms with van der Waals surface area (Å²) in [5, 5.41) is 10.0. The zero-order chi connectivity index (χ0) is 17.3. The lowest BCUT2D eigenvalue weighted by Gasteiger charge is -2.27. The maximum atomic E-state index is 4.79. The van der Waals surface area contributed by atoms with Gasteiger partial charge in [0.15, 0.2) is 5.82 Å². The lowest BCUT2D eigenvalue weighted by molar-refractivity contribution is 0.207. The van der Waals surface area contributed by atoms with Crippen molar-refractivity contribution in [3.63, 3.8) is 0 Å². The van der Waals surface area contributed by atoms with Crippen molar-refractivity contribution in [3.8, 4) is 11.4 Å². The van der Waals surface area contributed by atoms with E-state index in [1.165, 1.54) is 5.39 Å². The molecule has 128 valence electrons. The topological polar surface area (TPSA) is 46.8 Å². The number of benzene rings is 2. The summed E-state index contributed by atoms with van der Waals surface area (Å²) in [5.74, 6) is 1.99. The molecule has 2 aromatic carbocycles. The third-order valence-electron chi connectivity index (χ3n) is 4.91. The van der Waals surface area contributed by atoms with Gasteiger partial charge >= 0.3 is 0 Å². The van der Waals surface area contributed by atoms with Crippen LogP contribution in [0.3, 0.4) is 0 Å². The maximum absolute atomic E-state index is 4.79. The molecule has 0 bridgehead atoms. The van der Waals surface area contributed by atoms with Gasteiger partial charge in [0.05, 0.1) is 17.8 Å². The van der Waals surface area contributed by atoms with Crippen LogP contribution in [0.1, 0.15) is 11.5 Å². The minimum atomic E-state index is 0.800. The van der Waals surface area contributed by atoms with Gasteiger partial charge in [-0.2, -0.15) is 0 Å². The monoisotopic (exact) mass is 341 g/mol. The Balaban J connectivity index is 1.36. The van der Waals surface area contributed by atoms with Gasteiger partial charge < -0.3 is 4.57 Å². The molecule has 3 heterocycles. The lowest BCUT2D eigenvalue weighted by atomic mass is 10.2. The van der Waals surface area contributed by atoms with Crippen LogP contribution in [0.5, 0.6) is 0 Å². The molecule has 0 amide bonds. The number of hydrogen-bond acceptors (Lipinski definition) is 4. The highest BCUT2D eigenvalue weighted by Crippen LogP contribution is 2.22. The molecule has 2 aromatic heterocycles. The summed E-state index contributed by atoms with van der Waals surface area (Å²) in [7, 11) is 0. The second-order valence-electron chi connectivity index (χ2n) is 6.66. The van der Waals surface area contributed by atoms with E-state index < -0.39 is 0 Å². The lowest BCUT2D eigenvalue weighted by Crippen LogP contribution is -2.33. The predicted molar refractivity (Wildman–Crippen MR) is 101 cm³/mol. The quantitative estimate of drug-likeness (QED) is 0.572. The van der Waals surface area contributed by atoms with Gasteiger partial charge in [0.25, 0.3) is 0 Å². The van der Waals surface area contributed by atoms with Crippen molar-refractivity contribution < 1.29 is 0 Å². The van der Waals surface area contributed by atoms with E-state index in [1.54, 1.807) is 0 Å². The number of aromatic nitrogens is 4. The molecule has 0 N–H and O–H groups in total. The molecule has 1 aliphatic rings. The Bertz CT molecular complexity index is 1050. The van der Waals surface area contributed by atoms with E-state index in [9.17, 15) is 0 Å². The Morgan fingerprint density at radius 1 is 0.808 bits per heavy atom. The van der Waals surface area contributed by atoms with Crippen molar-refractivity contribution in [1.29, 1.82) is 0 Å². The largest absolute Gasteiger partial charge is 0.309 e. The van der Waals surface area contributed by atoms with E-state index in [-0.39, 0.29) is 0 Å². The van der Waals surface area contributed by atoms with Crippen LogP contribution >= 0.6 is 0 Å². The SMILES string of the molecule is c1ccc(-c2nnc3n2CCN(Cc2ccc4ccccc4n2)C3)cc1. The number of nitrogens with zero attached hydrogens (tertiary/aromatic N) is 5. The Kier molecular flexibility index (Phi) is 3.72. The summed E-state index contributed by atoms with van der Waals surface area (Å²) in [5.41, 5.74) is 3.27. The first-order chi connectivity index (χ1) is 12.9. The summed E-state index contributed by atoms with van der Waals surface area (Å²) < 4.78 is 2.24. The summed E-state index contributed by atoms with van der Waals surface area (Å²) >= 11 is 0. The highest BCUT2D eigenvalue weighted by molar-refractivity contribution is 5.78. The molecule has 0 aliphatic carbocycles. The van der Waals surface area contributed by atoms with Crippen LogP contribution in [0.4, 0.5) is 0 Å². The Hall–Kier alpha value is -3.05. The summed E-state index contributed by atoms with van der Waals surface area (Å²) in [4.78, 5) is 7.18. The van der Waals surface area contributed by atoms with Crippen molar-refractivity contribution >= 4 is 10.9 Å². The molecule has 5 heteroatoms. The second kappa shape index (κ2) is 6.35. The molecule has 26 heavy (non-hydrogen) atoms. The third kappa shape index (κ3) is 2.76. The van der Waals surface area contributed by atoms with E-state index >= 15 is 0 Å². The van der Waals surface area contributed by atoms with Crippen molar-refractivity contribution in [2.75, 3.05) is 6.54 Å². The van der Waals surface area contributed by atoms with Crippen molar-refractivity contribution in [2.45, 2.75) is 19.6 Å². The van der Waals surface area contributed by atoms with E-state index in [0.29, 0.717) is 0 Å². The average Bonchev–Trinajstić information content (AvgIpc) is 3.12. The van der Waals surface area contributed by atoms with Gasteiger partial charge in [0, 0.05) is 30.6 Å². The van der Waals surface area contributed by atoms with E-state index in [2.05, 4.69) is 56.1 Å². The molecule has 5 rings (SSSR count). The van der Waals surface area contributed by atoms with Crippen LogP contribution in [0, 0.1) is 0 Å². The van der Waals surface area contributed by atoms with Crippen LogP contribution in [0.15, 0.2) is 66.7 Å². The van der Waals surface area contributed by atoms with Crippen LogP contribution < -0.4 is 0 Å². The first kappa shape index (κ1) is 15.2. The first-order valence-corrected chi connectivity index (χ1v) is 8.91. The number of fused-ring (bicyclic) bond motifs is 2. The molecule has 0 spiro atoms. The molecule has 4 aromatic rings. The van der Waals surface area contributed by atoms with Gasteiger partial charge in [-0.3, -0.25) is 9.88 Å². The van der Waals surface area contributed by atoms with Crippen molar-refractivity contribution in [2.24, 2.45) is 0 Å². The highest BCUT2D eigenvalue weighted by atomic mass is 15.3. The molecule has 0 saturated carbocycles. The molecule has 0 saturated heterocycles. The summed E-state index contributed by atoms with van der Waals surface area (Å²) in [6.45, 7) is 3.51. The van der Waals surface area contributed by atoms with Crippen LogP contribution in [0.2, 0.25) is 0 Å². The standard InChI is InChI=1S/C21H19N5/c1-2-7-17(8-3-1)21-24-23-20-15-25(12-13-26(20)21)14-18-11-10-16-6-4-5-9-19(16)22-18/h1-11H,12-15H2. The fourth-order valence-corrected chi connectivity index (χ4v) is 3.57. The van der Waals surface area contributed by atoms with E-state index in [0.717, 1.165) is 54.6 Å². The normalized spacial score (nSPS) is 14.5. The van der Waals surface area contributed by atoms with Gasteiger partial charge in [-0.25, -0.2) is 0 Å². The number of pyridine rings is 1. The first-order valence-electron chi connectivity index (χ1n) is 8.91.